The Labute approximate surface area is 149 Å². The molecule has 0 saturated carbocycles. The van der Waals surface area contributed by atoms with Gasteiger partial charge in [0.2, 0.25) is 0 Å². The lowest BCUT2D eigenvalue weighted by Gasteiger charge is -2.19. The summed E-state index contributed by atoms with van der Waals surface area (Å²) in [6.45, 7) is 1.32. The van der Waals surface area contributed by atoms with Gasteiger partial charge in [-0.15, -0.1) is 0 Å². The molecule has 25 heavy (non-hydrogen) atoms. The number of nitrogens with one attached hydrogen (secondary N) is 1. The minimum absolute atomic E-state index is 0.150. The maximum atomic E-state index is 11.9. The molecule has 0 fully saturated rings. The molecular formula is C17H17ClN2O5. The molecule has 0 spiro atoms. The first-order valence-corrected chi connectivity index (χ1v) is 7.75. The number of nitrogens with zero attached hydrogens (tertiary/aromatic N) is 1. The van der Waals surface area contributed by atoms with Crippen LogP contribution in [0.15, 0.2) is 36.4 Å². The van der Waals surface area contributed by atoms with Crippen molar-refractivity contribution in [2.24, 2.45) is 0 Å². The van der Waals surface area contributed by atoms with Gasteiger partial charge in [0.05, 0.1) is 24.7 Å². The average Bonchev–Trinajstić information content (AvgIpc) is 2.58. The van der Waals surface area contributed by atoms with Gasteiger partial charge in [0, 0.05) is 16.3 Å². The van der Waals surface area contributed by atoms with Crippen molar-refractivity contribution in [2.75, 3.05) is 19.0 Å². The van der Waals surface area contributed by atoms with Gasteiger partial charge in [0.1, 0.15) is 5.56 Å². The van der Waals surface area contributed by atoms with Gasteiger partial charge < -0.3 is 15.2 Å². The van der Waals surface area contributed by atoms with Crippen molar-refractivity contribution in [3.63, 3.8) is 0 Å². The van der Waals surface area contributed by atoms with Crippen molar-refractivity contribution < 1.29 is 19.6 Å². The van der Waals surface area contributed by atoms with E-state index < -0.39 is 16.9 Å². The Morgan fingerprint density at radius 3 is 2.52 bits per heavy atom. The predicted octanol–water partition coefficient (Wildman–Crippen LogP) is 3.49. The van der Waals surface area contributed by atoms with Crippen molar-refractivity contribution in [3.8, 4) is 0 Å². The highest BCUT2D eigenvalue weighted by Gasteiger charge is 2.25. The Morgan fingerprint density at radius 1 is 1.36 bits per heavy atom. The number of benzene rings is 2. The lowest BCUT2D eigenvalue weighted by molar-refractivity contribution is -0.385. The molecule has 0 aliphatic rings. The molecule has 7 nitrogen and oxygen atoms in total. The van der Waals surface area contributed by atoms with E-state index in [1.807, 2.05) is 0 Å². The van der Waals surface area contributed by atoms with Crippen molar-refractivity contribution in [2.45, 2.75) is 13.0 Å². The molecule has 0 aromatic heterocycles. The largest absolute Gasteiger partial charge is 0.465 e. The van der Waals surface area contributed by atoms with Gasteiger partial charge in [-0.2, -0.15) is 0 Å². The summed E-state index contributed by atoms with van der Waals surface area (Å²) in [5.74, 6) is -0.800. The van der Waals surface area contributed by atoms with Crippen LogP contribution in [-0.4, -0.2) is 29.7 Å². The molecule has 132 valence electrons. The summed E-state index contributed by atoms with van der Waals surface area (Å²) < 4.78 is 4.63. The normalized spacial score (nSPS) is 11.7. The zero-order valence-corrected chi connectivity index (χ0v) is 14.4. The zero-order chi connectivity index (χ0) is 18.6. The van der Waals surface area contributed by atoms with Gasteiger partial charge in [-0.05, 0) is 36.8 Å². The Bertz CT molecular complexity index is 792. The van der Waals surface area contributed by atoms with Crippen LogP contribution in [0, 0.1) is 17.0 Å². The van der Waals surface area contributed by atoms with E-state index in [4.69, 9.17) is 11.6 Å². The fraction of sp³-hybridized carbons (Fsp3) is 0.235. The van der Waals surface area contributed by atoms with Crippen LogP contribution in [0.2, 0.25) is 5.02 Å². The third-order valence-corrected chi connectivity index (χ3v) is 3.94. The van der Waals surface area contributed by atoms with Crippen LogP contribution in [0.4, 0.5) is 11.4 Å². The number of aryl methyl sites for hydroxylation is 1. The summed E-state index contributed by atoms with van der Waals surface area (Å²) in [5, 5.41) is 24.5. The number of nitro benzene ring substituents is 1. The molecule has 8 heteroatoms. The van der Waals surface area contributed by atoms with E-state index in [-0.39, 0.29) is 17.9 Å². The van der Waals surface area contributed by atoms with Crippen molar-refractivity contribution in [3.05, 3.63) is 68.2 Å². The van der Waals surface area contributed by atoms with Gasteiger partial charge in [0.15, 0.2) is 0 Å². The fourth-order valence-corrected chi connectivity index (χ4v) is 2.63. The smallest absolute Gasteiger partial charge is 0.344 e. The number of halogens is 1. The monoisotopic (exact) mass is 364 g/mol. The Balaban J connectivity index is 2.41. The summed E-state index contributed by atoms with van der Waals surface area (Å²) in [5.41, 5.74) is 1.09. The van der Waals surface area contributed by atoms with E-state index in [1.165, 1.54) is 13.0 Å². The van der Waals surface area contributed by atoms with Gasteiger partial charge in [-0.1, -0.05) is 23.7 Å². The lowest BCUT2D eigenvalue weighted by atomic mass is 10.0. The van der Waals surface area contributed by atoms with Crippen LogP contribution < -0.4 is 5.32 Å². The number of carbonyl (C=O) groups excluding carboxylic acids is 1. The second kappa shape index (κ2) is 7.96. The van der Waals surface area contributed by atoms with E-state index in [0.717, 1.165) is 12.7 Å². The van der Waals surface area contributed by atoms with Crippen molar-refractivity contribution in [1.29, 1.82) is 0 Å². The minimum Gasteiger partial charge on any atom is -0.465 e. The first-order valence-electron chi connectivity index (χ1n) is 7.37. The maximum Gasteiger partial charge on any atom is 0.344 e. The Hall–Kier alpha value is -2.64. The van der Waals surface area contributed by atoms with Crippen LogP contribution in [-0.2, 0) is 4.74 Å². The molecule has 0 saturated heterocycles. The average molecular weight is 365 g/mol. The predicted molar refractivity (Wildman–Crippen MR) is 94.1 cm³/mol. The zero-order valence-electron chi connectivity index (χ0n) is 13.7. The van der Waals surface area contributed by atoms with Gasteiger partial charge >= 0.3 is 5.97 Å². The molecule has 2 aromatic carbocycles. The lowest BCUT2D eigenvalue weighted by Crippen LogP contribution is -2.16. The number of carbonyl (C=O) groups is 1. The van der Waals surface area contributed by atoms with Crippen LogP contribution in [0.3, 0.4) is 0 Å². The Kier molecular flexibility index (Phi) is 5.95. The molecule has 0 bridgehead atoms. The second-order valence-electron chi connectivity index (χ2n) is 5.37. The number of aliphatic hydroxyl groups excluding tert-OH is 1. The number of nitro groups is 1. The standard InChI is InChI=1S/C17H17ClN2O5/c1-10-7-13(8-14(17(22)25-2)16(10)20(23)24)19-15(9-21)11-3-5-12(18)6-4-11/h3-8,15,19,21H,9H2,1-2H3. The molecule has 0 heterocycles. The Morgan fingerprint density at radius 2 is 2.00 bits per heavy atom. The van der Waals surface area contributed by atoms with Crippen LogP contribution in [0.5, 0.6) is 0 Å². The number of hydrogen-bond donors (Lipinski definition) is 2. The third-order valence-electron chi connectivity index (χ3n) is 3.68. The quantitative estimate of drug-likeness (QED) is 0.462. The topological polar surface area (TPSA) is 102 Å². The minimum atomic E-state index is -0.800. The van der Waals surface area contributed by atoms with E-state index in [2.05, 4.69) is 10.1 Å². The van der Waals surface area contributed by atoms with Crippen molar-refractivity contribution in [1.82, 2.24) is 0 Å². The summed E-state index contributed by atoms with van der Waals surface area (Å²) in [6, 6.07) is 9.33. The van der Waals surface area contributed by atoms with Crippen molar-refractivity contribution >= 4 is 28.9 Å². The molecule has 2 rings (SSSR count). The molecular weight excluding hydrogens is 348 g/mol. The highest BCUT2D eigenvalue weighted by Crippen LogP contribution is 2.30. The number of esters is 1. The fourth-order valence-electron chi connectivity index (χ4n) is 2.50. The number of anilines is 1. The van der Waals surface area contributed by atoms with E-state index in [9.17, 15) is 20.0 Å². The molecule has 0 aliphatic carbocycles. The van der Waals surface area contributed by atoms with Gasteiger partial charge in [0.25, 0.3) is 5.69 Å². The highest BCUT2D eigenvalue weighted by molar-refractivity contribution is 6.30. The summed E-state index contributed by atoms with van der Waals surface area (Å²) in [4.78, 5) is 22.5. The second-order valence-corrected chi connectivity index (χ2v) is 5.81. The summed E-state index contributed by atoms with van der Waals surface area (Å²) in [7, 11) is 1.16. The number of aliphatic hydroxyl groups is 1. The first-order chi connectivity index (χ1) is 11.9. The molecule has 1 unspecified atom stereocenters. The van der Waals surface area contributed by atoms with E-state index in [0.29, 0.717) is 16.3 Å². The van der Waals surface area contributed by atoms with Crippen LogP contribution >= 0.6 is 11.6 Å². The number of methoxy groups -OCH3 is 1. The highest BCUT2D eigenvalue weighted by atomic mass is 35.5. The van der Waals surface area contributed by atoms with E-state index in [1.54, 1.807) is 30.3 Å². The SMILES string of the molecule is COC(=O)c1cc(NC(CO)c2ccc(Cl)cc2)cc(C)c1[N+](=O)[O-]. The molecule has 0 amide bonds. The molecule has 2 aromatic rings. The molecule has 2 N–H and O–H groups in total. The summed E-state index contributed by atoms with van der Waals surface area (Å²) >= 11 is 5.86. The number of hydrogen-bond acceptors (Lipinski definition) is 6. The number of ether oxygens (including phenoxy) is 1. The number of rotatable bonds is 6. The molecule has 0 radical (unpaired) electrons. The van der Waals surface area contributed by atoms with Crippen LogP contribution in [0.1, 0.15) is 27.5 Å². The summed E-state index contributed by atoms with van der Waals surface area (Å²) in [6.07, 6.45) is 0. The van der Waals surface area contributed by atoms with Gasteiger partial charge in [-0.25, -0.2) is 4.79 Å². The molecule has 0 aliphatic heterocycles. The van der Waals surface area contributed by atoms with Gasteiger partial charge in [-0.3, -0.25) is 10.1 Å². The van der Waals surface area contributed by atoms with E-state index >= 15 is 0 Å². The van der Waals surface area contributed by atoms with Crippen LogP contribution in [0.25, 0.3) is 0 Å². The molecule has 1 atom stereocenters. The third kappa shape index (κ3) is 4.26. The first kappa shape index (κ1) is 18.7. The maximum absolute atomic E-state index is 11.9.